The van der Waals surface area contributed by atoms with Crippen molar-refractivity contribution in [3.05, 3.63) is 81.5 Å². The summed E-state index contributed by atoms with van der Waals surface area (Å²) in [7, 11) is 0. The number of hydrogen-bond donors (Lipinski definition) is 1. The van der Waals surface area contributed by atoms with Gasteiger partial charge in [-0.25, -0.2) is 5.48 Å². The topological polar surface area (TPSA) is 59.4 Å². The zero-order chi connectivity index (χ0) is 23.0. The van der Waals surface area contributed by atoms with Gasteiger partial charge in [-0.3, -0.25) is 9.83 Å². The Bertz CT molecular complexity index is 1350. The van der Waals surface area contributed by atoms with Gasteiger partial charge in [0.1, 0.15) is 17.7 Å². The summed E-state index contributed by atoms with van der Waals surface area (Å²) in [5.41, 5.74) is 3.47. The van der Waals surface area contributed by atoms with E-state index in [1.807, 2.05) is 43.3 Å². The Morgan fingerprint density at radius 3 is 2.70 bits per heavy atom. The zero-order valence-electron chi connectivity index (χ0n) is 17.3. The fourth-order valence-corrected chi connectivity index (χ4v) is 5.33. The third-order valence-corrected chi connectivity index (χ3v) is 7.10. The highest BCUT2D eigenvalue weighted by Gasteiger charge is 2.31. The van der Waals surface area contributed by atoms with Crippen molar-refractivity contribution in [1.29, 1.82) is 0 Å². The fourth-order valence-electron chi connectivity index (χ4n) is 3.49. The Balaban J connectivity index is 1.61. The normalized spacial score (nSPS) is 16.5. The van der Waals surface area contributed by atoms with E-state index in [1.165, 1.54) is 10.9 Å². The second-order valence-corrected chi connectivity index (χ2v) is 9.76. The highest BCUT2D eigenvalue weighted by atomic mass is 32.2. The number of aliphatic imine (C=N–C) groups is 1. The SMILES string of the molecule is Cc1ccc([C@H]2CONC(c3c(Sc4cccc(C(F)(F)F)c4)nnc4ccccc34)=N2)s1. The molecule has 0 aliphatic carbocycles. The minimum Gasteiger partial charge on any atom is -0.272 e. The lowest BCUT2D eigenvalue weighted by atomic mass is 10.1. The first-order valence-corrected chi connectivity index (χ1v) is 11.6. The van der Waals surface area contributed by atoms with Crippen LogP contribution in [0.4, 0.5) is 13.2 Å². The van der Waals surface area contributed by atoms with Crippen LogP contribution < -0.4 is 5.48 Å². The van der Waals surface area contributed by atoms with E-state index in [0.717, 1.165) is 34.2 Å². The lowest BCUT2D eigenvalue weighted by Gasteiger charge is -2.23. The van der Waals surface area contributed by atoms with Gasteiger partial charge in [0.25, 0.3) is 0 Å². The van der Waals surface area contributed by atoms with E-state index >= 15 is 0 Å². The number of thiophene rings is 1. The summed E-state index contributed by atoms with van der Waals surface area (Å²) in [6.07, 6.45) is -4.43. The standard InChI is InChI=1S/C23H17F3N4OS2/c1-13-9-10-19(32-13)18-12-31-30-21(27-18)20-16-7-2-3-8-17(16)28-29-22(20)33-15-6-4-5-14(11-15)23(24,25)26/h2-11,18H,12H2,1H3,(H,27,30)/t18-/m1/s1. The van der Waals surface area contributed by atoms with E-state index in [2.05, 4.69) is 15.7 Å². The summed E-state index contributed by atoms with van der Waals surface area (Å²) in [5, 5.41) is 9.81. The summed E-state index contributed by atoms with van der Waals surface area (Å²) in [5.74, 6) is 0.470. The molecule has 2 aromatic carbocycles. The number of hydroxylamine groups is 1. The van der Waals surface area contributed by atoms with E-state index in [-0.39, 0.29) is 6.04 Å². The Labute approximate surface area is 195 Å². The van der Waals surface area contributed by atoms with Gasteiger partial charge in [0, 0.05) is 20.0 Å². The number of hydrogen-bond acceptors (Lipinski definition) is 7. The van der Waals surface area contributed by atoms with Crippen LogP contribution in [0.25, 0.3) is 10.9 Å². The molecular weight excluding hydrogens is 469 g/mol. The van der Waals surface area contributed by atoms with Crippen LogP contribution in [-0.2, 0) is 11.0 Å². The van der Waals surface area contributed by atoms with Gasteiger partial charge < -0.3 is 0 Å². The number of halogens is 3. The molecule has 2 aromatic heterocycles. The Morgan fingerprint density at radius 2 is 1.91 bits per heavy atom. The van der Waals surface area contributed by atoms with E-state index in [1.54, 1.807) is 17.4 Å². The molecule has 0 spiro atoms. The number of aromatic nitrogens is 2. The van der Waals surface area contributed by atoms with Gasteiger partial charge >= 0.3 is 6.18 Å². The molecule has 0 amide bonds. The smallest absolute Gasteiger partial charge is 0.272 e. The van der Waals surface area contributed by atoms with Gasteiger partial charge in [0.2, 0.25) is 0 Å². The maximum absolute atomic E-state index is 13.2. The van der Waals surface area contributed by atoms with Crippen LogP contribution in [-0.4, -0.2) is 22.6 Å². The predicted molar refractivity (Wildman–Crippen MR) is 123 cm³/mol. The van der Waals surface area contributed by atoms with Gasteiger partial charge in [-0.2, -0.15) is 13.2 Å². The van der Waals surface area contributed by atoms with Gasteiger partial charge in [-0.05, 0) is 43.3 Å². The van der Waals surface area contributed by atoms with Crippen molar-refractivity contribution in [2.45, 2.75) is 29.1 Å². The molecule has 1 aliphatic heterocycles. The fraction of sp³-hybridized carbons (Fsp3) is 0.174. The molecule has 0 saturated heterocycles. The molecule has 0 fully saturated rings. The molecule has 4 aromatic rings. The van der Waals surface area contributed by atoms with Crippen LogP contribution in [0.3, 0.4) is 0 Å². The van der Waals surface area contributed by atoms with Crippen molar-refractivity contribution < 1.29 is 18.0 Å². The van der Waals surface area contributed by atoms with Gasteiger partial charge in [-0.1, -0.05) is 36.0 Å². The molecule has 1 N–H and O–H groups in total. The molecule has 0 saturated carbocycles. The average molecular weight is 487 g/mol. The summed E-state index contributed by atoms with van der Waals surface area (Å²) in [4.78, 5) is 13.2. The van der Waals surface area contributed by atoms with Crippen molar-refractivity contribution in [3.63, 3.8) is 0 Å². The van der Waals surface area contributed by atoms with Crippen molar-refractivity contribution in [3.8, 4) is 0 Å². The molecule has 5 rings (SSSR count). The number of alkyl halides is 3. The van der Waals surface area contributed by atoms with Crippen molar-refractivity contribution in [2.75, 3.05) is 6.61 Å². The second-order valence-electron chi connectivity index (χ2n) is 7.38. The summed E-state index contributed by atoms with van der Waals surface area (Å²) in [6, 6.07) is 16.5. The second kappa shape index (κ2) is 8.77. The molecule has 0 bridgehead atoms. The Kier molecular flexibility index (Phi) is 5.81. The number of aryl methyl sites for hydroxylation is 1. The van der Waals surface area contributed by atoms with Crippen LogP contribution in [0.1, 0.15) is 26.9 Å². The van der Waals surface area contributed by atoms with Crippen LogP contribution >= 0.6 is 23.1 Å². The quantitative estimate of drug-likeness (QED) is 0.373. The Morgan fingerprint density at radius 1 is 1.06 bits per heavy atom. The van der Waals surface area contributed by atoms with Crippen LogP contribution in [0.2, 0.25) is 0 Å². The number of rotatable bonds is 4. The van der Waals surface area contributed by atoms with E-state index < -0.39 is 11.7 Å². The number of nitrogens with zero attached hydrogens (tertiary/aromatic N) is 3. The molecule has 3 heterocycles. The minimum atomic E-state index is -4.43. The highest BCUT2D eigenvalue weighted by Crippen LogP contribution is 2.37. The molecular formula is C23H17F3N4OS2. The largest absolute Gasteiger partial charge is 0.416 e. The maximum atomic E-state index is 13.2. The van der Waals surface area contributed by atoms with Crippen molar-refractivity contribution in [2.24, 2.45) is 4.99 Å². The first-order valence-electron chi connectivity index (χ1n) is 10.0. The highest BCUT2D eigenvalue weighted by molar-refractivity contribution is 7.99. The van der Waals surface area contributed by atoms with Crippen LogP contribution in [0.5, 0.6) is 0 Å². The molecule has 168 valence electrons. The molecule has 0 unspecified atom stereocenters. The third-order valence-electron chi connectivity index (χ3n) is 5.03. The first-order chi connectivity index (χ1) is 15.9. The number of nitrogens with one attached hydrogen (secondary N) is 1. The predicted octanol–water partition coefficient (Wildman–Crippen LogP) is 6.19. The zero-order valence-corrected chi connectivity index (χ0v) is 18.9. The molecule has 1 aliphatic rings. The first kappa shape index (κ1) is 21.9. The van der Waals surface area contributed by atoms with Crippen LogP contribution in [0.15, 0.2) is 75.6 Å². The van der Waals surface area contributed by atoms with Gasteiger partial charge in [0.15, 0.2) is 5.84 Å². The average Bonchev–Trinajstić information content (AvgIpc) is 3.25. The van der Waals surface area contributed by atoms with Crippen molar-refractivity contribution in [1.82, 2.24) is 15.7 Å². The van der Waals surface area contributed by atoms with Crippen molar-refractivity contribution >= 4 is 39.8 Å². The molecule has 5 nitrogen and oxygen atoms in total. The lowest BCUT2D eigenvalue weighted by Crippen LogP contribution is -2.33. The Hall–Kier alpha value is -2.95. The van der Waals surface area contributed by atoms with Gasteiger partial charge in [-0.15, -0.1) is 21.5 Å². The third kappa shape index (κ3) is 4.59. The monoisotopic (exact) mass is 486 g/mol. The lowest BCUT2D eigenvalue weighted by molar-refractivity contribution is -0.137. The molecule has 10 heteroatoms. The van der Waals surface area contributed by atoms with Gasteiger partial charge in [0.05, 0.1) is 16.6 Å². The summed E-state index contributed by atoms with van der Waals surface area (Å²) < 4.78 is 39.6. The van der Waals surface area contributed by atoms with E-state index in [0.29, 0.717) is 33.4 Å². The molecule has 0 radical (unpaired) electrons. The number of benzene rings is 2. The number of amidine groups is 1. The van der Waals surface area contributed by atoms with E-state index in [4.69, 9.17) is 9.83 Å². The maximum Gasteiger partial charge on any atom is 0.416 e. The van der Waals surface area contributed by atoms with E-state index in [9.17, 15) is 13.2 Å². The summed E-state index contributed by atoms with van der Waals surface area (Å²) >= 11 is 2.76. The molecule has 33 heavy (non-hydrogen) atoms. The number of fused-ring (bicyclic) bond motifs is 1. The minimum absolute atomic E-state index is 0.196. The molecule has 1 atom stereocenters. The van der Waals surface area contributed by atoms with Crippen LogP contribution in [0, 0.1) is 6.92 Å². The summed E-state index contributed by atoms with van der Waals surface area (Å²) in [6.45, 7) is 2.40.